The number of thioether (sulfide) groups is 1. The van der Waals surface area contributed by atoms with Gasteiger partial charge in [0.05, 0.1) is 11.3 Å². The largest absolute Gasteiger partial charge is 0.416 e. The van der Waals surface area contributed by atoms with Crippen molar-refractivity contribution in [2.75, 3.05) is 11.1 Å². The maximum atomic E-state index is 12.3. The highest BCUT2D eigenvalue weighted by molar-refractivity contribution is 7.99. The molecule has 1 aliphatic carbocycles. The number of hydrogen-bond acceptors (Lipinski definition) is 7. The highest BCUT2D eigenvalue weighted by Gasteiger charge is 2.32. The summed E-state index contributed by atoms with van der Waals surface area (Å²) in [5.41, 5.74) is 1.99. The molecule has 1 amide bonds. The number of fused-ring (bicyclic) bond motifs is 1. The lowest BCUT2D eigenvalue weighted by molar-refractivity contribution is -0.113. The number of aryl methyl sites for hydroxylation is 1. The number of anilines is 1. The minimum absolute atomic E-state index is 0.166. The molecular weight excluding hydrogens is 368 g/mol. The van der Waals surface area contributed by atoms with Gasteiger partial charge in [-0.3, -0.25) is 4.79 Å². The van der Waals surface area contributed by atoms with Crippen LogP contribution in [0.4, 0.5) is 5.00 Å². The first-order chi connectivity index (χ1) is 12.3. The van der Waals surface area contributed by atoms with E-state index in [9.17, 15) is 10.1 Å². The predicted molar refractivity (Wildman–Crippen MR) is 102 cm³/mol. The first-order valence-corrected chi connectivity index (χ1v) is 10.4. The molecule has 0 aliphatic heterocycles. The third-order valence-electron chi connectivity index (χ3n) is 4.69. The number of nitrogens with zero attached hydrogens (tertiary/aromatic N) is 3. The van der Waals surface area contributed by atoms with E-state index in [1.54, 1.807) is 18.3 Å². The first kappa shape index (κ1) is 18.9. The minimum atomic E-state index is -0.173. The van der Waals surface area contributed by atoms with Crippen LogP contribution in [0, 0.1) is 29.6 Å². The van der Waals surface area contributed by atoms with Crippen LogP contribution in [0.15, 0.2) is 9.64 Å². The van der Waals surface area contributed by atoms with Gasteiger partial charge in [0.2, 0.25) is 11.8 Å². The van der Waals surface area contributed by atoms with Crippen molar-refractivity contribution in [3.8, 4) is 6.07 Å². The van der Waals surface area contributed by atoms with Crippen LogP contribution in [0.5, 0.6) is 0 Å². The van der Waals surface area contributed by atoms with Gasteiger partial charge in [0.1, 0.15) is 11.1 Å². The molecule has 6 nitrogen and oxygen atoms in total. The fourth-order valence-electron chi connectivity index (χ4n) is 3.16. The van der Waals surface area contributed by atoms with Crippen LogP contribution >= 0.6 is 23.1 Å². The number of hydrogen-bond donors (Lipinski definition) is 1. The Kier molecular flexibility index (Phi) is 5.39. The second-order valence-electron chi connectivity index (χ2n) is 7.55. The fourth-order valence-corrected chi connectivity index (χ4v) is 5.06. The Morgan fingerprint density at radius 2 is 2.23 bits per heavy atom. The predicted octanol–water partition coefficient (Wildman–Crippen LogP) is 4.19. The Labute approximate surface area is 161 Å². The van der Waals surface area contributed by atoms with Crippen molar-refractivity contribution in [3.63, 3.8) is 0 Å². The molecule has 138 valence electrons. The molecule has 0 aromatic carbocycles. The summed E-state index contributed by atoms with van der Waals surface area (Å²) in [4.78, 5) is 13.5. The molecule has 0 spiro atoms. The van der Waals surface area contributed by atoms with Crippen molar-refractivity contribution in [2.24, 2.45) is 11.3 Å². The molecule has 3 rings (SSSR count). The Morgan fingerprint density at radius 3 is 2.85 bits per heavy atom. The van der Waals surface area contributed by atoms with Gasteiger partial charge in [-0.15, -0.1) is 21.5 Å². The molecule has 2 aromatic heterocycles. The fraction of sp³-hybridized carbons (Fsp3) is 0.556. The van der Waals surface area contributed by atoms with Gasteiger partial charge in [-0.05, 0) is 36.2 Å². The van der Waals surface area contributed by atoms with E-state index < -0.39 is 0 Å². The average molecular weight is 391 g/mol. The van der Waals surface area contributed by atoms with Crippen molar-refractivity contribution in [2.45, 2.75) is 52.2 Å². The lowest BCUT2D eigenvalue weighted by Gasteiger charge is -2.33. The number of rotatable bonds is 4. The maximum absolute atomic E-state index is 12.3. The summed E-state index contributed by atoms with van der Waals surface area (Å²) in [6.07, 6.45) is 2.97. The van der Waals surface area contributed by atoms with Gasteiger partial charge in [-0.2, -0.15) is 5.26 Å². The third kappa shape index (κ3) is 4.10. The zero-order valence-electron chi connectivity index (χ0n) is 15.4. The van der Waals surface area contributed by atoms with E-state index in [2.05, 4.69) is 42.4 Å². The highest BCUT2D eigenvalue weighted by atomic mass is 32.2. The van der Waals surface area contributed by atoms with Crippen LogP contribution in [-0.4, -0.2) is 21.9 Å². The summed E-state index contributed by atoms with van der Waals surface area (Å²) < 4.78 is 5.25. The minimum Gasteiger partial charge on any atom is -0.416 e. The Hall–Kier alpha value is -1.85. The lowest BCUT2D eigenvalue weighted by Crippen LogP contribution is -2.26. The number of nitrogens with one attached hydrogen (secondary N) is 1. The van der Waals surface area contributed by atoms with Crippen LogP contribution < -0.4 is 5.32 Å². The van der Waals surface area contributed by atoms with E-state index in [-0.39, 0.29) is 17.1 Å². The molecule has 1 N–H and O–H groups in total. The summed E-state index contributed by atoms with van der Waals surface area (Å²) in [5.74, 6) is 1.06. The lowest BCUT2D eigenvalue weighted by atomic mass is 9.72. The zero-order chi connectivity index (χ0) is 18.9. The van der Waals surface area contributed by atoms with Gasteiger partial charge in [0.15, 0.2) is 0 Å². The average Bonchev–Trinajstić information content (AvgIpc) is 3.14. The molecule has 8 heteroatoms. The topological polar surface area (TPSA) is 91.8 Å². The summed E-state index contributed by atoms with van der Waals surface area (Å²) in [5, 5.41) is 21.1. The van der Waals surface area contributed by atoms with Gasteiger partial charge in [-0.1, -0.05) is 32.5 Å². The van der Waals surface area contributed by atoms with E-state index in [1.165, 1.54) is 16.6 Å². The van der Waals surface area contributed by atoms with Crippen molar-refractivity contribution in [1.82, 2.24) is 10.2 Å². The molecule has 0 unspecified atom stereocenters. The molecule has 0 saturated carbocycles. The highest BCUT2D eigenvalue weighted by Crippen LogP contribution is 2.44. The molecule has 0 saturated heterocycles. The summed E-state index contributed by atoms with van der Waals surface area (Å²) in [7, 11) is 0. The molecule has 1 aliphatic rings. The SMILES string of the molecule is Cc1nnc(SCC(=O)Nc2sc3c(c2C#N)CC[C@@H](C(C)(C)C)C3)o1. The Morgan fingerprint density at radius 1 is 1.46 bits per heavy atom. The van der Waals surface area contributed by atoms with E-state index in [1.807, 2.05) is 0 Å². The first-order valence-electron chi connectivity index (χ1n) is 8.55. The van der Waals surface area contributed by atoms with Gasteiger partial charge < -0.3 is 9.73 Å². The normalized spacial score (nSPS) is 16.8. The summed E-state index contributed by atoms with van der Waals surface area (Å²) in [6, 6.07) is 2.29. The Bertz CT molecular complexity index is 858. The number of aromatic nitrogens is 2. The van der Waals surface area contributed by atoms with Gasteiger partial charge in [0.25, 0.3) is 5.22 Å². The van der Waals surface area contributed by atoms with Crippen molar-refractivity contribution in [1.29, 1.82) is 5.26 Å². The molecule has 1 atom stereocenters. The van der Waals surface area contributed by atoms with Crippen molar-refractivity contribution < 1.29 is 9.21 Å². The number of carbonyl (C=O) groups excluding carboxylic acids is 1. The van der Waals surface area contributed by atoms with Crippen LogP contribution in [0.2, 0.25) is 0 Å². The smallest absolute Gasteiger partial charge is 0.277 e. The third-order valence-corrected chi connectivity index (χ3v) is 6.68. The van der Waals surface area contributed by atoms with Gasteiger partial charge >= 0.3 is 0 Å². The maximum Gasteiger partial charge on any atom is 0.277 e. The second kappa shape index (κ2) is 7.41. The van der Waals surface area contributed by atoms with E-state index in [0.29, 0.717) is 27.6 Å². The van der Waals surface area contributed by atoms with Crippen molar-refractivity contribution >= 4 is 34.0 Å². The summed E-state index contributed by atoms with van der Waals surface area (Å²) >= 11 is 2.74. The molecule has 0 fully saturated rings. The van der Waals surface area contributed by atoms with E-state index in [0.717, 1.165) is 24.8 Å². The van der Waals surface area contributed by atoms with Crippen LogP contribution in [-0.2, 0) is 17.6 Å². The zero-order valence-corrected chi connectivity index (χ0v) is 17.0. The quantitative estimate of drug-likeness (QED) is 0.787. The van der Waals surface area contributed by atoms with Crippen LogP contribution in [0.1, 0.15) is 49.1 Å². The number of carbonyl (C=O) groups is 1. The Balaban J connectivity index is 1.70. The monoisotopic (exact) mass is 390 g/mol. The van der Waals surface area contributed by atoms with Crippen LogP contribution in [0.25, 0.3) is 0 Å². The number of nitriles is 1. The van der Waals surface area contributed by atoms with E-state index in [4.69, 9.17) is 4.42 Å². The molecule has 26 heavy (non-hydrogen) atoms. The number of amides is 1. The molecular formula is C18H22N4O2S2. The molecule has 0 radical (unpaired) electrons. The van der Waals surface area contributed by atoms with Gasteiger partial charge in [-0.25, -0.2) is 0 Å². The van der Waals surface area contributed by atoms with Crippen LogP contribution in [0.3, 0.4) is 0 Å². The van der Waals surface area contributed by atoms with Crippen molar-refractivity contribution in [3.05, 3.63) is 21.9 Å². The van der Waals surface area contributed by atoms with Gasteiger partial charge in [0, 0.05) is 11.8 Å². The standard InChI is InChI=1S/C18H22N4O2S2/c1-10-21-22-17(24-10)25-9-15(23)20-16-13(8-19)12-6-5-11(18(2,3)4)7-14(12)26-16/h11H,5-7,9H2,1-4H3,(H,20,23)/t11-/m1/s1. The molecule has 0 bridgehead atoms. The molecule has 2 aromatic rings. The second-order valence-corrected chi connectivity index (χ2v) is 9.58. The summed E-state index contributed by atoms with van der Waals surface area (Å²) in [6.45, 7) is 8.50. The number of thiophene rings is 1. The molecule has 2 heterocycles. The van der Waals surface area contributed by atoms with E-state index >= 15 is 0 Å².